The van der Waals surface area contributed by atoms with Crippen molar-refractivity contribution in [1.29, 1.82) is 0 Å². The first-order valence-electron chi connectivity index (χ1n) is 6.20. The number of benzene rings is 1. The predicted molar refractivity (Wildman–Crippen MR) is 65.3 cm³/mol. The number of rotatable bonds is 0. The third-order valence-electron chi connectivity index (χ3n) is 4.25. The van der Waals surface area contributed by atoms with E-state index in [1.807, 2.05) is 0 Å². The number of piperidine rings is 1. The summed E-state index contributed by atoms with van der Waals surface area (Å²) in [5.41, 5.74) is 3.81. The van der Waals surface area contributed by atoms with Crippen molar-refractivity contribution >= 4 is 0 Å². The first-order chi connectivity index (χ1) is 7.41. The molecule has 0 radical (unpaired) electrons. The maximum absolute atomic E-state index is 3.49. The second kappa shape index (κ2) is 3.64. The van der Waals surface area contributed by atoms with Crippen molar-refractivity contribution < 1.29 is 1.43 Å². The van der Waals surface area contributed by atoms with Crippen LogP contribution in [-0.4, -0.2) is 13.1 Å². The van der Waals surface area contributed by atoms with E-state index in [9.17, 15) is 0 Å². The fraction of sp³-hybridized carbons (Fsp3) is 0.571. The Labute approximate surface area is 93.4 Å². The quantitative estimate of drug-likeness (QED) is 0.683. The van der Waals surface area contributed by atoms with Gasteiger partial charge in [-0.25, -0.2) is 0 Å². The maximum atomic E-state index is 3.49. The lowest BCUT2D eigenvalue weighted by atomic mass is 9.65. The summed E-state index contributed by atoms with van der Waals surface area (Å²) in [6.07, 6.45) is 6.77. The van der Waals surface area contributed by atoms with Crippen molar-refractivity contribution in [3.05, 3.63) is 35.4 Å². The van der Waals surface area contributed by atoms with E-state index in [1.165, 1.54) is 45.2 Å². The van der Waals surface area contributed by atoms with Gasteiger partial charge in [-0.15, -0.1) is 0 Å². The van der Waals surface area contributed by atoms with E-state index in [1.54, 1.807) is 11.1 Å². The van der Waals surface area contributed by atoms with Crippen LogP contribution in [0.5, 0.6) is 0 Å². The first kappa shape index (κ1) is 9.41. The summed E-state index contributed by atoms with van der Waals surface area (Å²) in [7, 11) is 0. The molecule has 0 unspecified atom stereocenters. The molecule has 0 amide bonds. The molecule has 1 aromatic rings. The van der Waals surface area contributed by atoms with E-state index < -0.39 is 0 Å². The van der Waals surface area contributed by atoms with Crippen LogP contribution in [0.15, 0.2) is 24.3 Å². The van der Waals surface area contributed by atoms with Crippen LogP contribution in [-0.2, 0) is 11.8 Å². The van der Waals surface area contributed by atoms with Crippen LogP contribution in [0.3, 0.4) is 0 Å². The topological polar surface area (TPSA) is 12.0 Å². The van der Waals surface area contributed by atoms with Crippen LogP contribution >= 0.6 is 0 Å². The van der Waals surface area contributed by atoms with Gasteiger partial charge in [0.25, 0.3) is 0 Å². The van der Waals surface area contributed by atoms with Crippen molar-refractivity contribution in [2.75, 3.05) is 13.1 Å². The van der Waals surface area contributed by atoms with Crippen molar-refractivity contribution in [3.8, 4) is 0 Å². The minimum absolute atomic E-state index is 0. The Hall–Kier alpha value is -0.820. The summed E-state index contributed by atoms with van der Waals surface area (Å²) in [4.78, 5) is 0. The molecule has 82 valence electrons. The van der Waals surface area contributed by atoms with Gasteiger partial charge in [-0.3, -0.25) is 0 Å². The molecule has 1 N–H and O–H groups in total. The molecular weight excluding hydrogens is 182 g/mol. The average Bonchev–Trinajstić information content (AvgIpc) is 2.31. The van der Waals surface area contributed by atoms with Crippen LogP contribution in [0.1, 0.15) is 38.2 Å². The zero-order valence-corrected chi connectivity index (χ0v) is 9.26. The van der Waals surface area contributed by atoms with Crippen LogP contribution in [0.25, 0.3) is 0 Å². The average molecular weight is 203 g/mol. The minimum atomic E-state index is 0. The summed E-state index contributed by atoms with van der Waals surface area (Å²) in [6, 6.07) is 9.12. The molecule has 1 aliphatic heterocycles. The third-order valence-corrected chi connectivity index (χ3v) is 4.25. The van der Waals surface area contributed by atoms with Gasteiger partial charge in [-0.05, 0) is 61.7 Å². The predicted octanol–water partition coefficient (Wildman–Crippen LogP) is 2.89. The second-order valence-corrected chi connectivity index (χ2v) is 5.04. The SMILES string of the molecule is [HH].c1ccc2c(c1)CCCC21CCNCC1. The van der Waals surface area contributed by atoms with Gasteiger partial charge in [0.2, 0.25) is 0 Å². The first-order valence-corrected chi connectivity index (χ1v) is 6.20. The fourth-order valence-electron chi connectivity index (χ4n) is 3.43. The zero-order chi connectivity index (χ0) is 10.1. The van der Waals surface area contributed by atoms with Crippen LogP contribution in [0.2, 0.25) is 0 Å². The van der Waals surface area contributed by atoms with E-state index >= 15 is 0 Å². The normalized spacial score (nSPS) is 23.7. The molecule has 0 atom stereocenters. The van der Waals surface area contributed by atoms with Crippen molar-refractivity contribution in [2.45, 2.75) is 37.5 Å². The van der Waals surface area contributed by atoms with Gasteiger partial charge in [0, 0.05) is 1.43 Å². The molecule has 1 fully saturated rings. The standard InChI is InChI=1S/C14H19N.H2/c1-2-6-13-12(4-1)5-3-7-14(13)8-10-15-11-9-14;/h1-2,4,6,15H,3,5,7-11H2;1H. The van der Waals surface area contributed by atoms with Crippen molar-refractivity contribution in [1.82, 2.24) is 5.32 Å². The molecule has 1 spiro atoms. The van der Waals surface area contributed by atoms with Crippen LogP contribution < -0.4 is 5.32 Å². The van der Waals surface area contributed by atoms with E-state index in [0.717, 1.165) is 0 Å². The summed E-state index contributed by atoms with van der Waals surface area (Å²) in [5, 5.41) is 3.49. The van der Waals surface area contributed by atoms with Gasteiger partial charge in [0.05, 0.1) is 0 Å². The number of fused-ring (bicyclic) bond motifs is 2. The molecule has 1 saturated heterocycles. The Morgan fingerprint density at radius 2 is 1.87 bits per heavy atom. The lowest BCUT2D eigenvalue weighted by Gasteiger charge is -2.42. The lowest BCUT2D eigenvalue weighted by Crippen LogP contribution is -2.41. The molecule has 1 heterocycles. The number of aryl methyl sites for hydroxylation is 1. The Balaban J connectivity index is 0.000000963. The molecule has 1 heteroatoms. The highest BCUT2D eigenvalue weighted by Crippen LogP contribution is 2.43. The Morgan fingerprint density at radius 3 is 2.73 bits per heavy atom. The fourth-order valence-corrected chi connectivity index (χ4v) is 3.43. The summed E-state index contributed by atoms with van der Waals surface area (Å²) in [6.45, 7) is 2.41. The smallest absolute Gasteiger partial charge is 0 e. The van der Waals surface area contributed by atoms with Gasteiger partial charge in [0.15, 0.2) is 0 Å². The Bertz CT molecular complexity index is 356. The van der Waals surface area contributed by atoms with E-state index in [2.05, 4.69) is 29.6 Å². The number of nitrogens with one attached hydrogen (secondary N) is 1. The van der Waals surface area contributed by atoms with Crippen LogP contribution in [0.4, 0.5) is 0 Å². The zero-order valence-electron chi connectivity index (χ0n) is 9.26. The van der Waals surface area contributed by atoms with E-state index in [-0.39, 0.29) is 1.43 Å². The van der Waals surface area contributed by atoms with Crippen molar-refractivity contribution in [2.24, 2.45) is 0 Å². The Morgan fingerprint density at radius 1 is 1.07 bits per heavy atom. The van der Waals surface area contributed by atoms with Gasteiger partial charge in [-0.1, -0.05) is 24.3 Å². The van der Waals surface area contributed by atoms with E-state index in [0.29, 0.717) is 5.41 Å². The molecule has 1 aromatic carbocycles. The summed E-state index contributed by atoms with van der Waals surface area (Å²) < 4.78 is 0. The molecule has 0 bridgehead atoms. The maximum Gasteiger partial charge on any atom is 0 e. The van der Waals surface area contributed by atoms with Gasteiger partial charge >= 0.3 is 0 Å². The molecule has 15 heavy (non-hydrogen) atoms. The highest BCUT2D eigenvalue weighted by Gasteiger charge is 2.36. The molecule has 2 aliphatic rings. The number of hydrogen-bond acceptors (Lipinski definition) is 1. The molecule has 0 saturated carbocycles. The largest absolute Gasteiger partial charge is 0.317 e. The highest BCUT2D eigenvalue weighted by molar-refractivity contribution is 5.37. The van der Waals surface area contributed by atoms with Crippen molar-refractivity contribution in [3.63, 3.8) is 0 Å². The summed E-state index contributed by atoms with van der Waals surface area (Å²) >= 11 is 0. The monoisotopic (exact) mass is 203 g/mol. The van der Waals surface area contributed by atoms with Gasteiger partial charge in [-0.2, -0.15) is 0 Å². The van der Waals surface area contributed by atoms with Gasteiger partial charge in [0.1, 0.15) is 0 Å². The second-order valence-electron chi connectivity index (χ2n) is 5.04. The number of hydrogen-bond donors (Lipinski definition) is 1. The van der Waals surface area contributed by atoms with E-state index in [4.69, 9.17) is 0 Å². The van der Waals surface area contributed by atoms with Gasteiger partial charge < -0.3 is 5.32 Å². The molecule has 0 aromatic heterocycles. The Kier molecular flexibility index (Phi) is 2.28. The third kappa shape index (κ3) is 1.50. The molecular formula is C14H21N. The summed E-state index contributed by atoms with van der Waals surface area (Å²) in [5.74, 6) is 0. The highest BCUT2D eigenvalue weighted by atomic mass is 14.9. The van der Waals surface area contributed by atoms with Crippen LogP contribution in [0, 0.1) is 0 Å². The molecule has 1 nitrogen and oxygen atoms in total. The molecule has 3 rings (SSSR count). The molecule has 1 aliphatic carbocycles. The lowest BCUT2D eigenvalue weighted by molar-refractivity contribution is 0.268. The minimum Gasteiger partial charge on any atom is -0.317 e.